The summed E-state index contributed by atoms with van der Waals surface area (Å²) in [6.45, 7) is 6.92. The number of fused-ring (bicyclic) bond motifs is 1. The van der Waals surface area contributed by atoms with Crippen LogP contribution in [0.15, 0.2) is 34.9 Å². The first kappa shape index (κ1) is 13.4. The summed E-state index contributed by atoms with van der Waals surface area (Å²) in [6, 6.07) is 6.69. The van der Waals surface area contributed by atoms with Gasteiger partial charge in [0, 0.05) is 17.5 Å². The quantitative estimate of drug-likeness (QED) is 0.692. The standard InChI is InChI=1S/C18H21FO/c1-18(2,3)13-6-9-17-15(10-13)16(11-20-17)12-4-7-14(19)8-5-12/h4-5,7-8,11,13H,6,9-10H2,1-3H3/t13-/m1/s1. The lowest BCUT2D eigenvalue weighted by Gasteiger charge is -2.33. The van der Waals surface area contributed by atoms with Crippen molar-refractivity contribution < 1.29 is 8.81 Å². The molecular weight excluding hydrogens is 251 g/mol. The molecule has 2 aromatic rings. The van der Waals surface area contributed by atoms with Gasteiger partial charge in [0.05, 0.1) is 6.26 Å². The Hall–Kier alpha value is -1.57. The van der Waals surface area contributed by atoms with Crippen molar-refractivity contribution >= 4 is 0 Å². The minimum atomic E-state index is -0.196. The summed E-state index contributed by atoms with van der Waals surface area (Å²) in [5.74, 6) is 1.59. The van der Waals surface area contributed by atoms with Crippen LogP contribution in [0.25, 0.3) is 11.1 Å². The lowest BCUT2D eigenvalue weighted by molar-refractivity contribution is 0.209. The highest BCUT2D eigenvalue weighted by atomic mass is 19.1. The van der Waals surface area contributed by atoms with E-state index in [1.807, 2.05) is 18.4 Å². The molecule has 0 fully saturated rings. The van der Waals surface area contributed by atoms with Gasteiger partial charge in [-0.25, -0.2) is 4.39 Å². The van der Waals surface area contributed by atoms with Crippen LogP contribution in [-0.2, 0) is 12.8 Å². The summed E-state index contributed by atoms with van der Waals surface area (Å²) < 4.78 is 18.8. The fourth-order valence-corrected chi connectivity index (χ4v) is 3.12. The van der Waals surface area contributed by atoms with Gasteiger partial charge in [-0.1, -0.05) is 32.9 Å². The molecule has 0 saturated carbocycles. The Kier molecular flexibility index (Phi) is 3.19. The lowest BCUT2D eigenvalue weighted by Crippen LogP contribution is -2.26. The highest BCUT2D eigenvalue weighted by Gasteiger charge is 2.31. The second-order valence-corrected chi connectivity index (χ2v) is 6.86. The first-order chi connectivity index (χ1) is 9.45. The fraction of sp³-hybridized carbons (Fsp3) is 0.444. The van der Waals surface area contributed by atoms with Crippen molar-refractivity contribution in [3.63, 3.8) is 0 Å². The molecule has 1 nitrogen and oxygen atoms in total. The van der Waals surface area contributed by atoms with E-state index in [2.05, 4.69) is 20.8 Å². The molecule has 0 N–H and O–H groups in total. The van der Waals surface area contributed by atoms with Gasteiger partial charge in [-0.3, -0.25) is 0 Å². The molecule has 1 aliphatic carbocycles. The minimum absolute atomic E-state index is 0.196. The number of furan rings is 1. The molecule has 0 amide bonds. The van der Waals surface area contributed by atoms with Crippen molar-refractivity contribution in [1.29, 1.82) is 0 Å². The maximum atomic E-state index is 13.1. The smallest absolute Gasteiger partial charge is 0.123 e. The molecule has 0 bridgehead atoms. The van der Waals surface area contributed by atoms with E-state index in [0.717, 1.165) is 29.7 Å². The van der Waals surface area contributed by atoms with Crippen LogP contribution in [-0.4, -0.2) is 0 Å². The maximum absolute atomic E-state index is 13.1. The number of halogens is 1. The molecular formula is C18H21FO. The molecule has 1 atom stereocenters. The molecule has 2 heteroatoms. The van der Waals surface area contributed by atoms with E-state index in [-0.39, 0.29) is 5.82 Å². The van der Waals surface area contributed by atoms with Crippen LogP contribution >= 0.6 is 0 Å². The van der Waals surface area contributed by atoms with E-state index in [1.165, 1.54) is 24.1 Å². The van der Waals surface area contributed by atoms with Crippen LogP contribution in [0.4, 0.5) is 4.39 Å². The first-order valence-corrected chi connectivity index (χ1v) is 7.30. The molecule has 1 heterocycles. The number of aryl methyl sites for hydroxylation is 1. The van der Waals surface area contributed by atoms with Crippen molar-refractivity contribution in [2.45, 2.75) is 40.0 Å². The second-order valence-electron chi connectivity index (χ2n) is 6.86. The van der Waals surface area contributed by atoms with Crippen molar-refractivity contribution in [1.82, 2.24) is 0 Å². The van der Waals surface area contributed by atoms with Gasteiger partial charge in [0.2, 0.25) is 0 Å². The van der Waals surface area contributed by atoms with Gasteiger partial charge < -0.3 is 4.42 Å². The summed E-state index contributed by atoms with van der Waals surface area (Å²) in [6.07, 6.45) is 5.09. The molecule has 20 heavy (non-hydrogen) atoms. The Labute approximate surface area is 119 Å². The molecule has 0 radical (unpaired) electrons. The Balaban J connectivity index is 1.97. The summed E-state index contributed by atoms with van der Waals surface area (Å²) >= 11 is 0. The molecule has 106 valence electrons. The number of rotatable bonds is 1. The molecule has 3 rings (SSSR count). The van der Waals surface area contributed by atoms with E-state index in [9.17, 15) is 4.39 Å². The van der Waals surface area contributed by atoms with E-state index in [0.29, 0.717) is 11.3 Å². The van der Waals surface area contributed by atoms with Gasteiger partial charge in [-0.05, 0) is 41.9 Å². The zero-order valence-electron chi connectivity index (χ0n) is 12.4. The van der Waals surface area contributed by atoms with E-state index in [1.54, 1.807) is 0 Å². The maximum Gasteiger partial charge on any atom is 0.123 e. The first-order valence-electron chi connectivity index (χ1n) is 7.30. The molecule has 1 aromatic carbocycles. The van der Waals surface area contributed by atoms with Crippen LogP contribution in [0.5, 0.6) is 0 Å². The van der Waals surface area contributed by atoms with Crippen LogP contribution in [0, 0.1) is 17.2 Å². The lowest BCUT2D eigenvalue weighted by atomic mass is 9.71. The van der Waals surface area contributed by atoms with E-state index < -0.39 is 0 Å². The molecule has 0 unspecified atom stereocenters. The van der Waals surface area contributed by atoms with Gasteiger partial charge in [0.15, 0.2) is 0 Å². The Morgan fingerprint density at radius 1 is 1.15 bits per heavy atom. The predicted molar refractivity (Wildman–Crippen MR) is 79.1 cm³/mol. The Morgan fingerprint density at radius 3 is 2.50 bits per heavy atom. The SMILES string of the molecule is CC(C)(C)[C@@H]1CCc2occ(-c3ccc(F)cc3)c2C1. The highest BCUT2D eigenvalue weighted by Crippen LogP contribution is 2.41. The van der Waals surface area contributed by atoms with Crippen LogP contribution in [0.1, 0.15) is 38.5 Å². The van der Waals surface area contributed by atoms with Crippen LogP contribution < -0.4 is 0 Å². The van der Waals surface area contributed by atoms with Gasteiger partial charge in [-0.2, -0.15) is 0 Å². The number of hydrogen-bond acceptors (Lipinski definition) is 1. The average molecular weight is 272 g/mol. The average Bonchev–Trinajstić information content (AvgIpc) is 2.81. The number of benzene rings is 1. The monoisotopic (exact) mass is 272 g/mol. The Morgan fingerprint density at radius 2 is 1.85 bits per heavy atom. The number of hydrogen-bond donors (Lipinski definition) is 0. The van der Waals surface area contributed by atoms with Crippen molar-refractivity contribution in [2.24, 2.45) is 11.3 Å². The zero-order chi connectivity index (χ0) is 14.3. The third kappa shape index (κ3) is 2.39. The van der Waals surface area contributed by atoms with Crippen molar-refractivity contribution in [3.8, 4) is 11.1 Å². The summed E-state index contributed by atoms with van der Waals surface area (Å²) in [7, 11) is 0. The minimum Gasteiger partial charge on any atom is -0.468 e. The van der Waals surface area contributed by atoms with E-state index >= 15 is 0 Å². The Bertz CT molecular complexity index is 601. The van der Waals surface area contributed by atoms with Crippen LogP contribution in [0.2, 0.25) is 0 Å². The molecule has 0 aliphatic heterocycles. The fourth-order valence-electron chi connectivity index (χ4n) is 3.12. The zero-order valence-corrected chi connectivity index (χ0v) is 12.4. The molecule has 1 aliphatic rings. The summed E-state index contributed by atoms with van der Waals surface area (Å²) in [5, 5.41) is 0. The van der Waals surface area contributed by atoms with Gasteiger partial charge >= 0.3 is 0 Å². The third-order valence-corrected chi connectivity index (χ3v) is 4.53. The van der Waals surface area contributed by atoms with Gasteiger partial charge in [0.25, 0.3) is 0 Å². The predicted octanol–water partition coefficient (Wildman–Crippen LogP) is 5.24. The second kappa shape index (κ2) is 4.76. The largest absolute Gasteiger partial charge is 0.468 e. The van der Waals surface area contributed by atoms with E-state index in [4.69, 9.17) is 4.42 Å². The third-order valence-electron chi connectivity index (χ3n) is 4.53. The normalized spacial score (nSPS) is 18.9. The highest BCUT2D eigenvalue weighted by molar-refractivity contribution is 5.67. The molecule has 0 saturated heterocycles. The van der Waals surface area contributed by atoms with Crippen molar-refractivity contribution in [3.05, 3.63) is 47.7 Å². The van der Waals surface area contributed by atoms with Gasteiger partial charge in [0.1, 0.15) is 11.6 Å². The molecule has 1 aromatic heterocycles. The molecule has 0 spiro atoms. The topological polar surface area (TPSA) is 13.1 Å². The summed E-state index contributed by atoms with van der Waals surface area (Å²) in [4.78, 5) is 0. The van der Waals surface area contributed by atoms with Crippen molar-refractivity contribution in [2.75, 3.05) is 0 Å². The summed E-state index contributed by atoms with van der Waals surface area (Å²) in [5.41, 5.74) is 3.82. The van der Waals surface area contributed by atoms with Gasteiger partial charge in [-0.15, -0.1) is 0 Å². The van der Waals surface area contributed by atoms with Crippen LogP contribution in [0.3, 0.4) is 0 Å².